The Morgan fingerprint density at radius 1 is 1.15 bits per heavy atom. The number of aliphatic carboxylic acids is 1. The second-order valence-electron chi connectivity index (χ2n) is 6.89. The van der Waals surface area contributed by atoms with Gasteiger partial charge < -0.3 is 14.6 Å². The number of ether oxygens (including phenoxy) is 2. The summed E-state index contributed by atoms with van der Waals surface area (Å²) >= 11 is 0. The number of hydrogen-bond donors (Lipinski definition) is 1. The van der Waals surface area contributed by atoms with E-state index in [1.165, 1.54) is 0 Å². The second-order valence-corrected chi connectivity index (χ2v) is 6.89. The first-order chi connectivity index (χ1) is 12.2. The Hall–Kier alpha value is -2.37. The molecular weight excluding hydrogens is 336 g/mol. The standard InChI is InChI=1S/C16H20O4.C4H8O2/c1-11-10-19-16(18)14(8-12(2)20-15(11)17)9-13-6-4-3-5-7-13;1-3(2)4(5)6/h3-7,11-12,14H,8-10H2,1-2H3;3H,1-2H3,(H,5,6)/t11-,12?,14?;/m0./s1. The van der Waals surface area contributed by atoms with Crippen LogP contribution in [-0.2, 0) is 30.3 Å². The molecule has 26 heavy (non-hydrogen) atoms. The van der Waals surface area contributed by atoms with Crippen molar-refractivity contribution in [3.8, 4) is 0 Å². The molecule has 1 fully saturated rings. The summed E-state index contributed by atoms with van der Waals surface area (Å²) in [6.45, 7) is 6.90. The largest absolute Gasteiger partial charge is 0.481 e. The summed E-state index contributed by atoms with van der Waals surface area (Å²) < 4.78 is 10.6. The number of carbonyl (C=O) groups excluding carboxylic acids is 2. The maximum atomic E-state index is 12.1. The zero-order valence-electron chi connectivity index (χ0n) is 15.8. The lowest BCUT2D eigenvalue weighted by Crippen LogP contribution is -2.24. The van der Waals surface area contributed by atoms with E-state index in [9.17, 15) is 14.4 Å². The molecule has 3 atom stereocenters. The van der Waals surface area contributed by atoms with Crippen LogP contribution in [0.25, 0.3) is 0 Å². The maximum absolute atomic E-state index is 12.1. The van der Waals surface area contributed by atoms with E-state index in [-0.39, 0.29) is 36.5 Å². The van der Waals surface area contributed by atoms with Crippen molar-refractivity contribution >= 4 is 17.9 Å². The molecule has 0 saturated carbocycles. The lowest BCUT2D eigenvalue weighted by molar-refractivity contribution is -0.154. The molecule has 0 radical (unpaired) electrons. The van der Waals surface area contributed by atoms with Crippen LogP contribution in [0.5, 0.6) is 0 Å². The second kappa shape index (κ2) is 10.6. The highest BCUT2D eigenvalue weighted by Crippen LogP contribution is 2.20. The Morgan fingerprint density at radius 3 is 2.27 bits per heavy atom. The third-order valence-corrected chi connectivity index (χ3v) is 3.96. The lowest BCUT2D eigenvalue weighted by Gasteiger charge is -2.18. The number of cyclic esters (lactones) is 2. The number of rotatable bonds is 3. The van der Waals surface area contributed by atoms with Crippen LogP contribution in [-0.4, -0.2) is 35.7 Å². The normalized spacial score (nSPS) is 23.5. The first-order valence-electron chi connectivity index (χ1n) is 8.84. The van der Waals surface area contributed by atoms with Gasteiger partial charge in [0, 0.05) is 0 Å². The molecule has 0 aliphatic carbocycles. The molecule has 1 aliphatic heterocycles. The number of carboxylic acid groups (broad SMARTS) is 1. The van der Waals surface area contributed by atoms with E-state index in [2.05, 4.69) is 0 Å². The zero-order valence-corrected chi connectivity index (χ0v) is 15.8. The number of benzene rings is 1. The molecule has 1 aromatic rings. The monoisotopic (exact) mass is 364 g/mol. The molecule has 0 spiro atoms. The fourth-order valence-electron chi connectivity index (χ4n) is 2.32. The third-order valence-electron chi connectivity index (χ3n) is 3.96. The van der Waals surface area contributed by atoms with Gasteiger partial charge in [-0.2, -0.15) is 0 Å². The van der Waals surface area contributed by atoms with Gasteiger partial charge in [0.25, 0.3) is 0 Å². The number of esters is 2. The molecule has 0 aromatic heterocycles. The van der Waals surface area contributed by atoms with Gasteiger partial charge in [-0.25, -0.2) is 0 Å². The van der Waals surface area contributed by atoms with E-state index in [1.807, 2.05) is 37.3 Å². The summed E-state index contributed by atoms with van der Waals surface area (Å²) in [5, 5.41) is 7.99. The SMILES string of the molecule is CC(C)C(=O)O.CC1CC(Cc2ccccc2)C(=O)OC[C@H](C)C(=O)O1. The summed E-state index contributed by atoms with van der Waals surface area (Å²) in [5.41, 5.74) is 1.08. The Balaban J connectivity index is 0.000000487. The summed E-state index contributed by atoms with van der Waals surface area (Å²) in [5.74, 6) is -2.20. The molecule has 1 heterocycles. The highest BCUT2D eigenvalue weighted by atomic mass is 16.6. The highest BCUT2D eigenvalue weighted by Gasteiger charge is 2.29. The molecule has 0 amide bonds. The van der Waals surface area contributed by atoms with Crippen molar-refractivity contribution < 1.29 is 29.0 Å². The summed E-state index contributed by atoms with van der Waals surface area (Å²) in [4.78, 5) is 33.5. The number of hydrogen-bond acceptors (Lipinski definition) is 5. The van der Waals surface area contributed by atoms with Gasteiger partial charge in [0.1, 0.15) is 6.61 Å². The van der Waals surface area contributed by atoms with E-state index in [0.717, 1.165) is 5.56 Å². The van der Waals surface area contributed by atoms with Crippen LogP contribution >= 0.6 is 0 Å². The topological polar surface area (TPSA) is 89.9 Å². The van der Waals surface area contributed by atoms with Crippen molar-refractivity contribution in [3.63, 3.8) is 0 Å². The molecule has 1 aliphatic rings. The fourth-order valence-corrected chi connectivity index (χ4v) is 2.32. The maximum Gasteiger partial charge on any atom is 0.312 e. The van der Waals surface area contributed by atoms with Gasteiger partial charge in [-0.15, -0.1) is 0 Å². The van der Waals surface area contributed by atoms with E-state index in [4.69, 9.17) is 14.6 Å². The van der Waals surface area contributed by atoms with Crippen LogP contribution in [0, 0.1) is 17.8 Å². The van der Waals surface area contributed by atoms with Crippen LogP contribution in [0.1, 0.15) is 39.7 Å². The van der Waals surface area contributed by atoms with E-state index >= 15 is 0 Å². The average Bonchev–Trinajstić information content (AvgIpc) is 2.63. The van der Waals surface area contributed by atoms with Gasteiger partial charge in [0.15, 0.2) is 0 Å². The predicted molar refractivity (Wildman–Crippen MR) is 96.4 cm³/mol. The predicted octanol–water partition coefficient (Wildman–Crippen LogP) is 3.09. The van der Waals surface area contributed by atoms with Gasteiger partial charge in [-0.1, -0.05) is 44.2 Å². The Kier molecular flexibility index (Phi) is 8.82. The van der Waals surface area contributed by atoms with Crippen molar-refractivity contribution in [2.45, 2.75) is 46.6 Å². The van der Waals surface area contributed by atoms with Crippen molar-refractivity contribution in [3.05, 3.63) is 35.9 Å². The smallest absolute Gasteiger partial charge is 0.312 e. The molecule has 6 nitrogen and oxygen atoms in total. The molecule has 1 aromatic carbocycles. The van der Waals surface area contributed by atoms with Crippen molar-refractivity contribution in [2.24, 2.45) is 17.8 Å². The minimum atomic E-state index is -0.741. The highest BCUT2D eigenvalue weighted by molar-refractivity contribution is 5.76. The fraction of sp³-hybridized carbons (Fsp3) is 0.550. The minimum Gasteiger partial charge on any atom is -0.481 e. The minimum absolute atomic E-state index is 0.0929. The Bertz CT molecular complexity index is 596. The molecule has 2 unspecified atom stereocenters. The first-order valence-corrected chi connectivity index (χ1v) is 8.84. The Morgan fingerprint density at radius 2 is 1.73 bits per heavy atom. The summed E-state index contributed by atoms with van der Waals surface area (Å²) in [7, 11) is 0. The van der Waals surface area contributed by atoms with Gasteiger partial charge in [0.2, 0.25) is 0 Å². The van der Waals surface area contributed by atoms with E-state index in [1.54, 1.807) is 20.8 Å². The first kappa shape index (κ1) is 21.7. The van der Waals surface area contributed by atoms with Crippen molar-refractivity contribution in [1.29, 1.82) is 0 Å². The van der Waals surface area contributed by atoms with Crippen LogP contribution in [0.15, 0.2) is 30.3 Å². The van der Waals surface area contributed by atoms with Crippen molar-refractivity contribution in [2.75, 3.05) is 6.61 Å². The van der Waals surface area contributed by atoms with Crippen LogP contribution in [0.2, 0.25) is 0 Å². The molecular formula is C20H28O6. The van der Waals surface area contributed by atoms with Gasteiger partial charge in [-0.3, -0.25) is 14.4 Å². The van der Waals surface area contributed by atoms with Gasteiger partial charge >= 0.3 is 17.9 Å². The van der Waals surface area contributed by atoms with E-state index < -0.39 is 11.9 Å². The van der Waals surface area contributed by atoms with Crippen LogP contribution in [0.3, 0.4) is 0 Å². The third kappa shape index (κ3) is 7.68. The molecule has 6 heteroatoms. The molecule has 1 saturated heterocycles. The van der Waals surface area contributed by atoms with Crippen molar-refractivity contribution in [1.82, 2.24) is 0 Å². The van der Waals surface area contributed by atoms with E-state index in [0.29, 0.717) is 12.8 Å². The average molecular weight is 364 g/mol. The molecule has 144 valence electrons. The number of carboxylic acids is 1. The molecule has 0 bridgehead atoms. The molecule has 2 rings (SSSR count). The number of carbonyl (C=O) groups is 3. The van der Waals surface area contributed by atoms with Crippen LogP contribution in [0.4, 0.5) is 0 Å². The summed E-state index contributed by atoms with van der Waals surface area (Å²) in [6.07, 6.45) is 0.826. The Labute approximate surface area is 154 Å². The van der Waals surface area contributed by atoms with Gasteiger partial charge in [0.05, 0.1) is 23.9 Å². The quantitative estimate of drug-likeness (QED) is 0.829. The van der Waals surface area contributed by atoms with Gasteiger partial charge in [-0.05, 0) is 32.3 Å². The zero-order chi connectivity index (χ0) is 19.7. The summed E-state index contributed by atoms with van der Waals surface area (Å²) in [6, 6.07) is 9.80. The lowest BCUT2D eigenvalue weighted by atomic mass is 9.94. The molecule has 1 N–H and O–H groups in total. The van der Waals surface area contributed by atoms with Crippen LogP contribution < -0.4 is 0 Å².